The Morgan fingerprint density at radius 1 is 1.10 bits per heavy atom. The van der Waals surface area contributed by atoms with Crippen molar-refractivity contribution in [1.29, 1.82) is 0 Å². The molecule has 9 nitrogen and oxygen atoms in total. The molecule has 0 saturated heterocycles. The second-order valence-corrected chi connectivity index (χ2v) is 8.75. The molecule has 2 aromatic carbocycles. The number of sulfonamides is 1. The van der Waals surface area contributed by atoms with Gasteiger partial charge in [0.25, 0.3) is 0 Å². The highest BCUT2D eigenvalue weighted by Crippen LogP contribution is 2.16. The molecule has 10 heteroatoms. The number of hydrogen-bond donors (Lipinski definition) is 4. The minimum absolute atomic E-state index is 0.000774. The smallest absolute Gasteiger partial charge is 0.322 e. The minimum atomic E-state index is -3.96. The van der Waals surface area contributed by atoms with Crippen LogP contribution in [0.15, 0.2) is 58.4 Å². The number of aliphatic imine (C=N–C) groups is 1. The number of ether oxygens (including phenoxy) is 1. The number of aryl methyl sites for hydroxylation is 1. The standard InChI is InChI=1S/C21H28N4O5S/c1-15-4-10-18(11-5-15)31(28,29)25-19(20(26)27)14-16-6-8-17(9-7-16)30-13-3-2-12-24-21(22)23/h4-11,19,25H,2-3,12-14H2,1H3,(H,26,27)(H4,22,23,24)/t19-/m0/s1. The third-order valence-electron chi connectivity index (χ3n) is 4.41. The number of carboxylic acid groups (broad SMARTS) is 1. The van der Waals surface area contributed by atoms with Gasteiger partial charge in [0.15, 0.2) is 5.96 Å². The molecule has 0 unspecified atom stereocenters. The zero-order valence-corrected chi connectivity index (χ0v) is 18.1. The van der Waals surface area contributed by atoms with Gasteiger partial charge >= 0.3 is 5.97 Å². The number of nitrogens with zero attached hydrogens (tertiary/aromatic N) is 1. The Bertz CT molecular complexity index is 985. The van der Waals surface area contributed by atoms with Crippen molar-refractivity contribution in [1.82, 2.24) is 4.72 Å². The maximum atomic E-state index is 12.5. The summed E-state index contributed by atoms with van der Waals surface area (Å²) in [6.07, 6.45) is 1.57. The Labute approximate surface area is 182 Å². The number of hydrogen-bond acceptors (Lipinski definition) is 5. The van der Waals surface area contributed by atoms with Crippen LogP contribution in [-0.2, 0) is 21.2 Å². The Kier molecular flexibility index (Phi) is 8.83. The molecule has 1 atom stereocenters. The first-order chi connectivity index (χ1) is 14.7. The van der Waals surface area contributed by atoms with Crippen molar-refractivity contribution in [3.8, 4) is 5.75 Å². The first-order valence-electron chi connectivity index (χ1n) is 9.76. The van der Waals surface area contributed by atoms with Crippen molar-refractivity contribution in [3.05, 3.63) is 59.7 Å². The van der Waals surface area contributed by atoms with Gasteiger partial charge in [0, 0.05) is 6.54 Å². The predicted octanol–water partition coefficient (Wildman–Crippen LogP) is 1.40. The summed E-state index contributed by atoms with van der Waals surface area (Å²) in [6, 6.07) is 11.8. The molecule has 0 bridgehead atoms. The summed E-state index contributed by atoms with van der Waals surface area (Å²) in [5, 5.41) is 9.49. The fraction of sp³-hybridized carbons (Fsp3) is 0.333. The lowest BCUT2D eigenvalue weighted by atomic mass is 10.1. The van der Waals surface area contributed by atoms with Gasteiger partial charge in [0.2, 0.25) is 10.0 Å². The van der Waals surface area contributed by atoms with Crippen LogP contribution in [0, 0.1) is 6.92 Å². The van der Waals surface area contributed by atoms with Gasteiger partial charge in [-0.2, -0.15) is 4.72 Å². The quantitative estimate of drug-likeness (QED) is 0.217. The molecule has 2 aromatic rings. The van der Waals surface area contributed by atoms with Crippen LogP contribution in [0.3, 0.4) is 0 Å². The number of rotatable bonds is 12. The van der Waals surface area contributed by atoms with Crippen LogP contribution in [0.25, 0.3) is 0 Å². The average molecular weight is 449 g/mol. The average Bonchev–Trinajstić information content (AvgIpc) is 2.71. The number of nitrogens with two attached hydrogens (primary N) is 2. The van der Waals surface area contributed by atoms with Crippen LogP contribution in [0.2, 0.25) is 0 Å². The third kappa shape index (κ3) is 8.27. The van der Waals surface area contributed by atoms with Gasteiger partial charge in [-0.15, -0.1) is 0 Å². The molecule has 0 aliphatic rings. The number of unbranched alkanes of at least 4 members (excludes halogenated alkanes) is 1. The Morgan fingerprint density at radius 3 is 2.32 bits per heavy atom. The lowest BCUT2D eigenvalue weighted by Crippen LogP contribution is -2.42. The first kappa shape index (κ1) is 24.2. The van der Waals surface area contributed by atoms with Crippen LogP contribution in [0.1, 0.15) is 24.0 Å². The molecule has 0 fully saturated rings. The fourth-order valence-corrected chi connectivity index (χ4v) is 3.91. The van der Waals surface area contributed by atoms with E-state index in [-0.39, 0.29) is 17.3 Å². The zero-order chi connectivity index (χ0) is 22.9. The lowest BCUT2D eigenvalue weighted by Gasteiger charge is -2.15. The maximum absolute atomic E-state index is 12.5. The molecular formula is C21H28N4O5S. The Balaban J connectivity index is 1.92. The van der Waals surface area contributed by atoms with Crippen LogP contribution < -0.4 is 20.9 Å². The van der Waals surface area contributed by atoms with E-state index in [1.165, 1.54) is 12.1 Å². The number of nitrogens with one attached hydrogen (secondary N) is 1. The third-order valence-corrected chi connectivity index (χ3v) is 5.89. The molecule has 168 valence electrons. The SMILES string of the molecule is Cc1ccc(S(=O)(=O)N[C@@H](Cc2ccc(OCCCCN=C(N)N)cc2)C(=O)O)cc1. The van der Waals surface area contributed by atoms with Crippen molar-refractivity contribution < 1.29 is 23.1 Å². The molecule has 31 heavy (non-hydrogen) atoms. The molecule has 0 saturated carbocycles. The molecule has 0 aliphatic carbocycles. The normalized spacial score (nSPS) is 12.2. The summed E-state index contributed by atoms with van der Waals surface area (Å²) < 4.78 is 32.9. The van der Waals surface area contributed by atoms with Crippen molar-refractivity contribution in [2.24, 2.45) is 16.5 Å². The number of benzene rings is 2. The van der Waals surface area contributed by atoms with Gasteiger partial charge in [0.1, 0.15) is 11.8 Å². The van der Waals surface area contributed by atoms with Gasteiger partial charge < -0.3 is 21.3 Å². The summed E-state index contributed by atoms with van der Waals surface area (Å²) in [6.45, 7) is 2.87. The van der Waals surface area contributed by atoms with E-state index in [1.807, 2.05) is 6.92 Å². The van der Waals surface area contributed by atoms with Crippen LogP contribution in [-0.4, -0.2) is 44.6 Å². The molecule has 0 aromatic heterocycles. The number of aliphatic carboxylic acids is 1. The summed E-state index contributed by atoms with van der Waals surface area (Å²) >= 11 is 0. The van der Waals surface area contributed by atoms with E-state index in [4.69, 9.17) is 16.2 Å². The molecule has 0 aliphatic heterocycles. The van der Waals surface area contributed by atoms with E-state index in [0.29, 0.717) is 24.5 Å². The Morgan fingerprint density at radius 2 is 1.74 bits per heavy atom. The van der Waals surface area contributed by atoms with E-state index in [9.17, 15) is 18.3 Å². The first-order valence-corrected chi connectivity index (χ1v) is 11.2. The maximum Gasteiger partial charge on any atom is 0.322 e. The topological polar surface area (TPSA) is 157 Å². The van der Waals surface area contributed by atoms with Gasteiger partial charge in [-0.3, -0.25) is 9.79 Å². The zero-order valence-electron chi connectivity index (χ0n) is 17.3. The Hall–Kier alpha value is -3.11. The van der Waals surface area contributed by atoms with Gasteiger partial charge in [-0.05, 0) is 56.0 Å². The second kappa shape index (κ2) is 11.3. The molecular weight excluding hydrogens is 420 g/mol. The minimum Gasteiger partial charge on any atom is -0.494 e. The molecule has 0 radical (unpaired) electrons. The van der Waals surface area contributed by atoms with Gasteiger partial charge in [0.05, 0.1) is 11.5 Å². The number of guanidine groups is 1. The highest BCUT2D eigenvalue weighted by atomic mass is 32.2. The number of carboxylic acids is 1. The summed E-state index contributed by atoms with van der Waals surface area (Å²) in [5.74, 6) is -0.549. The largest absolute Gasteiger partial charge is 0.494 e. The number of carbonyl (C=O) groups is 1. The van der Waals surface area contributed by atoms with E-state index in [1.54, 1.807) is 36.4 Å². The van der Waals surface area contributed by atoms with Crippen molar-refractivity contribution in [2.75, 3.05) is 13.2 Å². The van der Waals surface area contributed by atoms with Crippen LogP contribution in [0.4, 0.5) is 0 Å². The van der Waals surface area contributed by atoms with E-state index < -0.39 is 22.0 Å². The van der Waals surface area contributed by atoms with Crippen molar-refractivity contribution in [3.63, 3.8) is 0 Å². The molecule has 2 rings (SSSR count). The molecule has 0 amide bonds. The summed E-state index contributed by atoms with van der Waals surface area (Å²) in [4.78, 5) is 15.5. The molecule has 6 N–H and O–H groups in total. The highest BCUT2D eigenvalue weighted by Gasteiger charge is 2.25. The highest BCUT2D eigenvalue weighted by molar-refractivity contribution is 7.89. The second-order valence-electron chi connectivity index (χ2n) is 7.04. The van der Waals surface area contributed by atoms with Crippen molar-refractivity contribution >= 4 is 22.0 Å². The predicted molar refractivity (Wildman–Crippen MR) is 118 cm³/mol. The van der Waals surface area contributed by atoms with E-state index in [2.05, 4.69) is 9.71 Å². The molecule has 0 heterocycles. The monoisotopic (exact) mass is 448 g/mol. The van der Waals surface area contributed by atoms with E-state index >= 15 is 0 Å². The van der Waals surface area contributed by atoms with Gasteiger partial charge in [-0.1, -0.05) is 29.8 Å². The van der Waals surface area contributed by atoms with Crippen LogP contribution in [0.5, 0.6) is 5.75 Å². The van der Waals surface area contributed by atoms with Crippen molar-refractivity contribution in [2.45, 2.75) is 37.1 Å². The summed E-state index contributed by atoms with van der Waals surface area (Å²) in [7, 11) is -3.96. The molecule has 0 spiro atoms. The van der Waals surface area contributed by atoms with Gasteiger partial charge in [-0.25, -0.2) is 8.42 Å². The van der Waals surface area contributed by atoms with Crippen LogP contribution >= 0.6 is 0 Å². The fourth-order valence-electron chi connectivity index (χ4n) is 2.72. The van der Waals surface area contributed by atoms with E-state index in [0.717, 1.165) is 18.4 Å². The lowest BCUT2D eigenvalue weighted by molar-refractivity contribution is -0.138. The summed E-state index contributed by atoms with van der Waals surface area (Å²) in [5.41, 5.74) is 12.1.